The molecule has 0 atom stereocenters. The summed E-state index contributed by atoms with van der Waals surface area (Å²) in [6, 6.07) is 7.97. The van der Waals surface area contributed by atoms with E-state index in [1.54, 1.807) is 4.68 Å². The van der Waals surface area contributed by atoms with Crippen LogP contribution < -0.4 is 0 Å². The average Bonchev–Trinajstić information content (AvgIpc) is 2.69. The number of aryl methyl sites for hydroxylation is 2. The molecular weight excluding hydrogens is 296 g/mol. The minimum Gasteiger partial charge on any atom is -0.481 e. The molecule has 0 amide bonds. The second kappa shape index (κ2) is 5.35. The molecule has 0 aliphatic carbocycles. The summed E-state index contributed by atoms with van der Waals surface area (Å²) >= 11 is 3.40. The molecule has 1 aromatic carbocycles. The molecule has 2 rings (SSSR count). The third-order valence-electron chi connectivity index (χ3n) is 2.66. The molecule has 0 spiro atoms. The highest BCUT2D eigenvalue weighted by Gasteiger charge is 2.08. The number of benzene rings is 1. The average molecular weight is 309 g/mol. The number of aromatic nitrogens is 2. The summed E-state index contributed by atoms with van der Waals surface area (Å²) < 4.78 is 2.71. The van der Waals surface area contributed by atoms with Crippen LogP contribution in [0.15, 0.2) is 34.9 Å². The van der Waals surface area contributed by atoms with Gasteiger partial charge in [-0.2, -0.15) is 5.10 Å². The molecule has 94 valence electrons. The van der Waals surface area contributed by atoms with Crippen molar-refractivity contribution in [2.24, 2.45) is 0 Å². The Balaban J connectivity index is 2.23. The molecule has 0 aliphatic heterocycles. The first-order valence-electron chi connectivity index (χ1n) is 5.58. The van der Waals surface area contributed by atoms with Crippen LogP contribution in [0.2, 0.25) is 0 Å². The summed E-state index contributed by atoms with van der Waals surface area (Å²) in [5.41, 5.74) is 3.02. The number of rotatable bonds is 4. The number of hydrogen-bond donors (Lipinski definition) is 1. The maximum absolute atomic E-state index is 10.5. The summed E-state index contributed by atoms with van der Waals surface area (Å²) in [5.74, 6) is -0.812. The second-order valence-corrected chi connectivity index (χ2v) is 4.96. The van der Waals surface area contributed by atoms with Crippen LogP contribution in [-0.2, 0) is 11.3 Å². The number of carboxylic acids is 1. The highest BCUT2D eigenvalue weighted by Crippen LogP contribution is 2.24. The van der Waals surface area contributed by atoms with Gasteiger partial charge in [0.2, 0.25) is 0 Å². The third kappa shape index (κ3) is 2.98. The number of aliphatic carboxylic acids is 1. The lowest BCUT2D eigenvalue weighted by Crippen LogP contribution is -2.04. The van der Waals surface area contributed by atoms with E-state index in [0.717, 1.165) is 21.3 Å². The fourth-order valence-electron chi connectivity index (χ4n) is 1.76. The molecule has 2 aromatic rings. The molecule has 0 radical (unpaired) electrons. The minimum absolute atomic E-state index is 0.0842. The monoisotopic (exact) mass is 308 g/mol. The van der Waals surface area contributed by atoms with E-state index >= 15 is 0 Å². The largest absolute Gasteiger partial charge is 0.481 e. The number of nitrogens with zero attached hydrogens (tertiary/aromatic N) is 2. The maximum atomic E-state index is 10.5. The van der Waals surface area contributed by atoms with Gasteiger partial charge >= 0.3 is 5.97 Å². The Labute approximate surface area is 113 Å². The van der Waals surface area contributed by atoms with Crippen molar-refractivity contribution in [3.63, 3.8) is 0 Å². The van der Waals surface area contributed by atoms with Gasteiger partial charge in [0, 0.05) is 16.2 Å². The van der Waals surface area contributed by atoms with Crippen molar-refractivity contribution in [1.82, 2.24) is 9.78 Å². The Morgan fingerprint density at radius 2 is 2.06 bits per heavy atom. The van der Waals surface area contributed by atoms with E-state index in [9.17, 15) is 4.79 Å². The molecule has 0 saturated heterocycles. The van der Waals surface area contributed by atoms with Gasteiger partial charge in [0.15, 0.2) is 0 Å². The summed E-state index contributed by atoms with van der Waals surface area (Å²) in [6.45, 7) is 2.32. The highest BCUT2D eigenvalue weighted by atomic mass is 79.9. The first-order chi connectivity index (χ1) is 8.56. The zero-order valence-corrected chi connectivity index (χ0v) is 11.5. The van der Waals surface area contributed by atoms with Crippen LogP contribution in [0.5, 0.6) is 0 Å². The number of carboxylic acid groups (broad SMARTS) is 1. The van der Waals surface area contributed by atoms with Gasteiger partial charge in [-0.3, -0.25) is 9.48 Å². The number of hydrogen-bond acceptors (Lipinski definition) is 2. The predicted octanol–water partition coefficient (Wildman–Crippen LogP) is 3.10. The summed E-state index contributed by atoms with van der Waals surface area (Å²) in [6.07, 6.45) is 1.97. The van der Waals surface area contributed by atoms with Gasteiger partial charge < -0.3 is 5.11 Å². The van der Waals surface area contributed by atoms with Crippen LogP contribution in [0.4, 0.5) is 0 Å². The van der Waals surface area contributed by atoms with E-state index in [0.29, 0.717) is 6.54 Å². The van der Waals surface area contributed by atoms with Crippen LogP contribution in [-0.4, -0.2) is 20.9 Å². The van der Waals surface area contributed by atoms with E-state index in [1.165, 1.54) is 0 Å². The number of halogens is 1. The van der Waals surface area contributed by atoms with Gasteiger partial charge in [-0.25, -0.2) is 0 Å². The fourth-order valence-corrected chi connectivity index (χ4v) is 2.02. The van der Waals surface area contributed by atoms with Gasteiger partial charge in [-0.15, -0.1) is 0 Å². The van der Waals surface area contributed by atoms with Crippen molar-refractivity contribution < 1.29 is 9.90 Å². The summed E-state index contributed by atoms with van der Waals surface area (Å²) in [5, 5.41) is 13.0. The molecule has 1 N–H and O–H groups in total. The van der Waals surface area contributed by atoms with Gasteiger partial charge in [-0.1, -0.05) is 28.1 Å². The van der Waals surface area contributed by atoms with E-state index in [2.05, 4.69) is 21.0 Å². The zero-order valence-electron chi connectivity index (χ0n) is 9.93. The molecule has 0 fully saturated rings. The Bertz CT molecular complexity index is 561. The standard InChI is InChI=1S/C13H13BrN2O2/c1-9-12(10-2-4-11(14)5-3-10)8-16(15-9)7-6-13(17)18/h2-5,8H,6-7H2,1H3,(H,17,18). The first-order valence-corrected chi connectivity index (χ1v) is 6.37. The van der Waals surface area contributed by atoms with Crippen LogP contribution in [0.25, 0.3) is 11.1 Å². The molecule has 1 aromatic heterocycles. The van der Waals surface area contributed by atoms with Crippen molar-refractivity contribution in [3.8, 4) is 11.1 Å². The molecular formula is C13H13BrN2O2. The summed E-state index contributed by atoms with van der Waals surface area (Å²) in [4.78, 5) is 10.5. The quantitative estimate of drug-likeness (QED) is 0.944. The zero-order chi connectivity index (χ0) is 13.1. The Morgan fingerprint density at radius 3 is 2.67 bits per heavy atom. The fraction of sp³-hybridized carbons (Fsp3) is 0.231. The first kappa shape index (κ1) is 12.8. The molecule has 4 nitrogen and oxygen atoms in total. The lowest BCUT2D eigenvalue weighted by Gasteiger charge is -1.98. The van der Waals surface area contributed by atoms with Gasteiger partial charge in [-0.05, 0) is 24.6 Å². The Hall–Kier alpha value is -1.62. The highest BCUT2D eigenvalue weighted by molar-refractivity contribution is 9.10. The second-order valence-electron chi connectivity index (χ2n) is 4.04. The van der Waals surface area contributed by atoms with E-state index in [1.807, 2.05) is 37.4 Å². The van der Waals surface area contributed by atoms with E-state index in [-0.39, 0.29) is 6.42 Å². The SMILES string of the molecule is Cc1nn(CCC(=O)O)cc1-c1ccc(Br)cc1. The molecule has 0 unspecified atom stereocenters. The number of carbonyl (C=O) groups is 1. The van der Waals surface area contributed by atoms with Crippen molar-refractivity contribution >= 4 is 21.9 Å². The van der Waals surface area contributed by atoms with Crippen LogP contribution in [0, 0.1) is 6.92 Å². The van der Waals surface area contributed by atoms with Gasteiger partial charge in [0.05, 0.1) is 18.7 Å². The van der Waals surface area contributed by atoms with Crippen molar-refractivity contribution in [3.05, 3.63) is 40.6 Å². The molecule has 0 saturated carbocycles. The van der Waals surface area contributed by atoms with E-state index < -0.39 is 5.97 Å². The van der Waals surface area contributed by atoms with Crippen LogP contribution in [0.1, 0.15) is 12.1 Å². The van der Waals surface area contributed by atoms with Crippen molar-refractivity contribution in [1.29, 1.82) is 0 Å². The Kier molecular flexibility index (Phi) is 3.81. The Morgan fingerprint density at radius 1 is 1.39 bits per heavy atom. The topological polar surface area (TPSA) is 55.1 Å². The van der Waals surface area contributed by atoms with Crippen molar-refractivity contribution in [2.45, 2.75) is 19.9 Å². The third-order valence-corrected chi connectivity index (χ3v) is 3.19. The lowest BCUT2D eigenvalue weighted by molar-refractivity contribution is -0.137. The molecule has 5 heteroatoms. The van der Waals surface area contributed by atoms with Gasteiger partial charge in [0.25, 0.3) is 0 Å². The molecule has 1 heterocycles. The molecule has 18 heavy (non-hydrogen) atoms. The van der Waals surface area contributed by atoms with Gasteiger partial charge in [0.1, 0.15) is 0 Å². The normalized spacial score (nSPS) is 10.6. The predicted molar refractivity (Wildman–Crippen MR) is 72.4 cm³/mol. The van der Waals surface area contributed by atoms with E-state index in [4.69, 9.17) is 5.11 Å². The van der Waals surface area contributed by atoms with Crippen molar-refractivity contribution in [2.75, 3.05) is 0 Å². The molecule has 0 aliphatic rings. The van der Waals surface area contributed by atoms with Crippen LogP contribution >= 0.6 is 15.9 Å². The maximum Gasteiger partial charge on any atom is 0.305 e. The smallest absolute Gasteiger partial charge is 0.305 e. The minimum atomic E-state index is -0.812. The van der Waals surface area contributed by atoms with Crippen LogP contribution in [0.3, 0.4) is 0 Å². The molecule has 0 bridgehead atoms. The summed E-state index contributed by atoms with van der Waals surface area (Å²) in [7, 11) is 0. The lowest BCUT2D eigenvalue weighted by atomic mass is 10.1.